The van der Waals surface area contributed by atoms with E-state index >= 15 is 0 Å². The summed E-state index contributed by atoms with van der Waals surface area (Å²) < 4.78 is 6.08. The van der Waals surface area contributed by atoms with Gasteiger partial charge in [-0.3, -0.25) is 0 Å². The lowest BCUT2D eigenvalue weighted by atomic mass is 9.75. The quantitative estimate of drug-likeness (QED) is 0.752. The molecule has 20 heavy (non-hydrogen) atoms. The van der Waals surface area contributed by atoms with Crippen molar-refractivity contribution in [3.8, 4) is 0 Å². The van der Waals surface area contributed by atoms with Gasteiger partial charge in [0.25, 0.3) is 0 Å². The Balaban J connectivity index is 1.74. The number of rotatable bonds is 7. The Labute approximate surface area is 120 Å². The lowest BCUT2D eigenvalue weighted by Crippen LogP contribution is -2.44. The molecule has 6 nitrogen and oxygen atoms in total. The zero-order valence-corrected chi connectivity index (χ0v) is 12.5. The summed E-state index contributed by atoms with van der Waals surface area (Å²) in [5, 5.41) is 16.1. The van der Waals surface area contributed by atoms with Crippen LogP contribution in [0.2, 0.25) is 0 Å². The van der Waals surface area contributed by atoms with E-state index in [1.807, 2.05) is 7.05 Å². The number of ether oxygens (including phenoxy) is 1. The van der Waals surface area contributed by atoms with Crippen molar-refractivity contribution in [1.82, 2.24) is 25.5 Å². The zero-order valence-electron chi connectivity index (χ0n) is 12.5. The second-order valence-electron chi connectivity index (χ2n) is 6.29. The van der Waals surface area contributed by atoms with Gasteiger partial charge in [-0.25, -0.2) is 0 Å². The summed E-state index contributed by atoms with van der Waals surface area (Å²) in [6.07, 6.45) is 6.13. The van der Waals surface area contributed by atoms with Crippen molar-refractivity contribution in [2.24, 2.45) is 18.4 Å². The van der Waals surface area contributed by atoms with Crippen LogP contribution in [0, 0.1) is 11.3 Å². The van der Waals surface area contributed by atoms with E-state index in [0.717, 1.165) is 50.7 Å². The van der Waals surface area contributed by atoms with E-state index in [1.54, 1.807) is 4.80 Å². The van der Waals surface area contributed by atoms with Crippen LogP contribution in [0.5, 0.6) is 0 Å². The summed E-state index contributed by atoms with van der Waals surface area (Å²) in [7, 11) is 1.82. The smallest absolute Gasteiger partial charge is 0.175 e. The third kappa shape index (κ3) is 2.86. The third-order valence-corrected chi connectivity index (χ3v) is 4.51. The minimum absolute atomic E-state index is 0.152. The molecule has 112 valence electrons. The molecule has 0 spiro atoms. The SMILES string of the molecule is CCCNCC1(Cc2nnn(C)n2)CCOC1C1CC1. The Hall–Kier alpha value is -1.01. The van der Waals surface area contributed by atoms with Crippen LogP contribution in [0.1, 0.15) is 38.4 Å². The van der Waals surface area contributed by atoms with Crippen LogP contribution >= 0.6 is 0 Å². The Kier molecular flexibility index (Phi) is 4.03. The van der Waals surface area contributed by atoms with E-state index in [1.165, 1.54) is 12.8 Å². The highest BCUT2D eigenvalue weighted by Gasteiger charge is 2.51. The molecule has 1 aliphatic heterocycles. The van der Waals surface area contributed by atoms with E-state index in [4.69, 9.17) is 4.74 Å². The molecule has 0 amide bonds. The molecule has 1 aromatic heterocycles. The van der Waals surface area contributed by atoms with Crippen molar-refractivity contribution in [2.45, 2.75) is 45.1 Å². The number of aryl methyl sites for hydroxylation is 1. The number of nitrogens with one attached hydrogen (secondary N) is 1. The van der Waals surface area contributed by atoms with Gasteiger partial charge in [0.15, 0.2) is 5.82 Å². The van der Waals surface area contributed by atoms with Crippen LogP contribution < -0.4 is 5.32 Å². The molecule has 1 saturated carbocycles. The Morgan fingerprint density at radius 2 is 2.30 bits per heavy atom. The highest BCUT2D eigenvalue weighted by molar-refractivity contribution is 5.04. The van der Waals surface area contributed by atoms with Gasteiger partial charge in [-0.1, -0.05) is 6.92 Å². The molecule has 1 aliphatic carbocycles. The lowest BCUT2D eigenvalue weighted by molar-refractivity contribution is 0.0298. The molecule has 2 fully saturated rings. The minimum Gasteiger partial charge on any atom is -0.377 e. The standard InChI is InChI=1S/C14H25N5O/c1-3-7-15-10-14(9-12-16-18-19(2)17-12)6-8-20-13(14)11-4-5-11/h11,13,15H,3-10H2,1-2H3. The topological polar surface area (TPSA) is 64.9 Å². The van der Waals surface area contributed by atoms with E-state index in [9.17, 15) is 0 Å². The molecule has 0 bridgehead atoms. The highest BCUT2D eigenvalue weighted by Crippen LogP contribution is 2.48. The van der Waals surface area contributed by atoms with E-state index in [2.05, 4.69) is 27.7 Å². The molecule has 2 unspecified atom stereocenters. The largest absolute Gasteiger partial charge is 0.377 e. The fourth-order valence-electron chi connectivity index (χ4n) is 3.41. The van der Waals surface area contributed by atoms with E-state index in [0.29, 0.717) is 6.10 Å². The fourth-order valence-corrected chi connectivity index (χ4v) is 3.41. The Morgan fingerprint density at radius 3 is 2.95 bits per heavy atom. The lowest BCUT2D eigenvalue weighted by Gasteiger charge is -2.33. The summed E-state index contributed by atoms with van der Waals surface area (Å²) in [5.41, 5.74) is 0.152. The average molecular weight is 279 g/mol. The van der Waals surface area contributed by atoms with Crippen LogP contribution in [-0.4, -0.2) is 46.0 Å². The fraction of sp³-hybridized carbons (Fsp3) is 0.929. The van der Waals surface area contributed by atoms with Crippen molar-refractivity contribution in [3.63, 3.8) is 0 Å². The monoisotopic (exact) mass is 279 g/mol. The van der Waals surface area contributed by atoms with E-state index < -0.39 is 0 Å². The molecule has 1 aromatic rings. The number of hydrogen-bond acceptors (Lipinski definition) is 5. The van der Waals surface area contributed by atoms with Crippen molar-refractivity contribution < 1.29 is 4.74 Å². The maximum absolute atomic E-state index is 6.08. The molecule has 3 rings (SSSR count). The van der Waals surface area contributed by atoms with Gasteiger partial charge in [0.05, 0.1) is 13.2 Å². The molecule has 1 saturated heterocycles. The summed E-state index contributed by atoms with van der Waals surface area (Å²) in [5.74, 6) is 1.60. The molecule has 6 heteroatoms. The molecular weight excluding hydrogens is 254 g/mol. The predicted octanol–water partition coefficient (Wildman–Crippen LogP) is 0.937. The molecule has 0 aromatic carbocycles. The predicted molar refractivity (Wildman–Crippen MR) is 75.2 cm³/mol. The summed E-state index contributed by atoms with van der Waals surface area (Å²) >= 11 is 0. The van der Waals surface area contributed by atoms with Gasteiger partial charge in [-0.2, -0.15) is 4.80 Å². The van der Waals surface area contributed by atoms with Crippen LogP contribution in [0.15, 0.2) is 0 Å². The van der Waals surface area contributed by atoms with E-state index in [-0.39, 0.29) is 5.41 Å². The average Bonchev–Trinajstić information content (AvgIpc) is 3.07. The second kappa shape index (κ2) is 5.77. The van der Waals surface area contributed by atoms with Gasteiger partial charge >= 0.3 is 0 Å². The third-order valence-electron chi connectivity index (χ3n) is 4.51. The number of aromatic nitrogens is 4. The first kappa shape index (κ1) is 13.9. The van der Waals surface area contributed by atoms with Crippen LogP contribution in [0.4, 0.5) is 0 Å². The molecular formula is C14H25N5O. The normalized spacial score (nSPS) is 30.0. The minimum atomic E-state index is 0.152. The molecule has 2 aliphatic rings. The molecule has 2 heterocycles. The van der Waals surface area contributed by atoms with Crippen LogP contribution in [0.25, 0.3) is 0 Å². The number of tetrazole rings is 1. The zero-order chi connectivity index (χ0) is 14.0. The van der Waals surface area contributed by atoms with Crippen molar-refractivity contribution in [2.75, 3.05) is 19.7 Å². The maximum Gasteiger partial charge on any atom is 0.175 e. The molecule has 2 atom stereocenters. The second-order valence-corrected chi connectivity index (χ2v) is 6.29. The molecule has 0 radical (unpaired) electrons. The van der Waals surface area contributed by atoms with Crippen molar-refractivity contribution in [1.29, 1.82) is 0 Å². The van der Waals surface area contributed by atoms with Gasteiger partial charge < -0.3 is 10.1 Å². The Bertz CT molecular complexity index is 445. The van der Waals surface area contributed by atoms with Gasteiger partial charge in [0.1, 0.15) is 0 Å². The summed E-state index contributed by atoms with van der Waals surface area (Å²) in [6.45, 7) is 5.13. The van der Waals surface area contributed by atoms with Crippen LogP contribution in [0.3, 0.4) is 0 Å². The maximum atomic E-state index is 6.08. The first-order valence-electron chi connectivity index (χ1n) is 7.79. The molecule has 1 N–H and O–H groups in total. The Morgan fingerprint density at radius 1 is 1.45 bits per heavy atom. The summed E-state index contributed by atoms with van der Waals surface area (Å²) in [4.78, 5) is 1.55. The highest BCUT2D eigenvalue weighted by atomic mass is 16.5. The van der Waals surface area contributed by atoms with Crippen molar-refractivity contribution in [3.05, 3.63) is 5.82 Å². The van der Waals surface area contributed by atoms with Crippen molar-refractivity contribution >= 4 is 0 Å². The first-order valence-corrected chi connectivity index (χ1v) is 7.79. The van der Waals surface area contributed by atoms with Gasteiger partial charge in [-0.05, 0) is 43.4 Å². The number of nitrogens with zero attached hydrogens (tertiary/aromatic N) is 4. The number of hydrogen-bond donors (Lipinski definition) is 1. The van der Waals surface area contributed by atoms with Gasteiger partial charge in [-0.15, -0.1) is 10.2 Å². The van der Waals surface area contributed by atoms with Gasteiger partial charge in [0.2, 0.25) is 0 Å². The van der Waals surface area contributed by atoms with Gasteiger partial charge in [0, 0.05) is 25.0 Å². The first-order chi connectivity index (χ1) is 9.73. The summed E-state index contributed by atoms with van der Waals surface area (Å²) in [6, 6.07) is 0. The van der Waals surface area contributed by atoms with Crippen LogP contribution in [-0.2, 0) is 18.2 Å².